The van der Waals surface area contributed by atoms with Crippen LogP contribution in [0, 0.1) is 10.1 Å². The minimum Gasteiger partial charge on any atom is -0.353 e. The van der Waals surface area contributed by atoms with Crippen LogP contribution in [0.5, 0.6) is 0 Å². The zero-order valence-electron chi connectivity index (χ0n) is 17.6. The van der Waals surface area contributed by atoms with Gasteiger partial charge < -0.3 is 16.0 Å². The van der Waals surface area contributed by atoms with Gasteiger partial charge in [0, 0.05) is 24.7 Å². The maximum absolute atomic E-state index is 12.8. The maximum atomic E-state index is 12.8. The second kappa shape index (κ2) is 9.82. The summed E-state index contributed by atoms with van der Waals surface area (Å²) in [5.74, 6) is -0.676. The molecule has 3 N–H and O–H groups in total. The Bertz CT molecular complexity index is 1390. The number of nitro benzene ring substituents is 1. The predicted octanol–water partition coefficient (Wildman–Crippen LogP) is 1.83. The lowest BCUT2D eigenvalue weighted by Crippen LogP contribution is -2.35. The number of anilines is 2. The molecule has 0 atom stereocenters. The SMILES string of the molecule is [B]c1cccc(C(=O)NCCNC(=O)c2ccccc2Nc2ccc([N+](=O)[O-])c3nonc23)c1. The number of fused-ring (bicyclic) bond motifs is 1. The molecular weight excluding hydrogens is 439 g/mol. The van der Waals surface area contributed by atoms with Crippen LogP contribution in [-0.2, 0) is 0 Å². The van der Waals surface area contributed by atoms with Gasteiger partial charge in [-0.3, -0.25) is 19.7 Å². The number of hydrogen-bond donors (Lipinski definition) is 3. The topological polar surface area (TPSA) is 152 Å². The van der Waals surface area contributed by atoms with E-state index in [9.17, 15) is 19.7 Å². The number of para-hydroxylation sites is 1. The molecule has 0 aliphatic carbocycles. The number of nitrogens with zero attached hydrogens (tertiary/aromatic N) is 3. The molecule has 0 unspecified atom stereocenters. The molecule has 168 valence electrons. The van der Waals surface area contributed by atoms with E-state index < -0.39 is 4.92 Å². The van der Waals surface area contributed by atoms with Crippen LogP contribution >= 0.6 is 0 Å². The number of hydrogen-bond acceptors (Lipinski definition) is 8. The number of benzene rings is 3. The second-order valence-corrected chi connectivity index (χ2v) is 7.16. The van der Waals surface area contributed by atoms with Crippen LogP contribution in [0.15, 0.2) is 65.3 Å². The summed E-state index contributed by atoms with van der Waals surface area (Å²) in [4.78, 5) is 35.5. The molecule has 1 aromatic heterocycles. The molecule has 3 aromatic carbocycles. The largest absolute Gasteiger partial charge is 0.353 e. The molecule has 4 aromatic rings. The Kier molecular flexibility index (Phi) is 6.48. The predicted molar refractivity (Wildman–Crippen MR) is 125 cm³/mol. The van der Waals surface area contributed by atoms with Crippen LogP contribution in [-0.4, -0.2) is 48.0 Å². The molecule has 1 heterocycles. The Labute approximate surface area is 194 Å². The van der Waals surface area contributed by atoms with E-state index in [-0.39, 0.29) is 41.6 Å². The quantitative estimate of drug-likeness (QED) is 0.157. The highest BCUT2D eigenvalue weighted by Gasteiger charge is 2.20. The molecule has 0 spiro atoms. The molecule has 0 saturated carbocycles. The van der Waals surface area contributed by atoms with Crippen molar-refractivity contribution in [2.75, 3.05) is 18.4 Å². The Hall–Kier alpha value is -4.74. The number of aromatic nitrogens is 2. The lowest BCUT2D eigenvalue weighted by Gasteiger charge is -2.13. The Morgan fingerprint density at radius 2 is 1.65 bits per heavy atom. The third-order valence-electron chi connectivity index (χ3n) is 4.88. The molecule has 0 aliphatic rings. The molecule has 0 saturated heterocycles. The van der Waals surface area contributed by atoms with Crippen molar-refractivity contribution < 1.29 is 19.1 Å². The third-order valence-corrected chi connectivity index (χ3v) is 4.88. The van der Waals surface area contributed by atoms with Crippen molar-refractivity contribution in [1.82, 2.24) is 20.9 Å². The Morgan fingerprint density at radius 1 is 0.912 bits per heavy atom. The molecular formula is C22H17BN6O5. The average Bonchev–Trinajstić information content (AvgIpc) is 3.32. The highest BCUT2D eigenvalue weighted by atomic mass is 16.6. The zero-order valence-corrected chi connectivity index (χ0v) is 17.6. The molecule has 0 fully saturated rings. The molecule has 2 amide bonds. The second-order valence-electron chi connectivity index (χ2n) is 7.16. The standard InChI is InChI=1S/C22H17BN6O5/c23-14-5-3-4-13(12-14)21(30)24-10-11-25-22(31)15-6-1-2-7-16(15)26-17-8-9-18(29(32)33)20-19(17)27-34-28-20/h1-9,12,26H,10-11H2,(H,24,30)(H,25,31). The van der Waals surface area contributed by atoms with Gasteiger partial charge in [-0.15, -0.1) is 0 Å². The summed E-state index contributed by atoms with van der Waals surface area (Å²) in [6, 6.07) is 16.0. The first kappa shape index (κ1) is 22.5. The van der Waals surface area contributed by atoms with Crippen LogP contribution < -0.4 is 21.4 Å². The number of carbonyl (C=O) groups excluding carboxylic acids is 2. The number of amides is 2. The molecule has 2 radical (unpaired) electrons. The van der Waals surface area contributed by atoms with Crippen LogP contribution in [0.25, 0.3) is 11.0 Å². The van der Waals surface area contributed by atoms with Crippen molar-refractivity contribution in [3.8, 4) is 0 Å². The average molecular weight is 456 g/mol. The van der Waals surface area contributed by atoms with E-state index in [4.69, 9.17) is 7.85 Å². The summed E-state index contributed by atoms with van der Waals surface area (Å²) in [6.07, 6.45) is 0. The van der Waals surface area contributed by atoms with Crippen LogP contribution in [0.4, 0.5) is 17.1 Å². The minimum atomic E-state index is -0.580. The van der Waals surface area contributed by atoms with E-state index in [0.717, 1.165) is 0 Å². The maximum Gasteiger partial charge on any atom is 0.300 e. The van der Waals surface area contributed by atoms with Gasteiger partial charge in [-0.1, -0.05) is 35.8 Å². The summed E-state index contributed by atoms with van der Waals surface area (Å²) in [5, 5.41) is 27.0. The highest BCUT2D eigenvalue weighted by molar-refractivity contribution is 6.32. The number of non-ortho nitro benzene ring substituents is 1. The summed E-state index contributed by atoms with van der Waals surface area (Å²) in [5.41, 5.74) is 1.98. The van der Waals surface area contributed by atoms with Crippen molar-refractivity contribution in [2.45, 2.75) is 0 Å². The normalized spacial score (nSPS) is 10.6. The number of nitro groups is 1. The molecule has 4 rings (SSSR count). The van der Waals surface area contributed by atoms with Gasteiger partial charge in [-0.25, -0.2) is 4.63 Å². The summed E-state index contributed by atoms with van der Waals surface area (Å²) < 4.78 is 4.67. The summed E-state index contributed by atoms with van der Waals surface area (Å²) in [6.45, 7) is 0.402. The minimum absolute atomic E-state index is 0.00662. The first-order valence-corrected chi connectivity index (χ1v) is 10.1. The molecule has 0 bridgehead atoms. The zero-order chi connectivity index (χ0) is 24.1. The number of rotatable bonds is 8. The third kappa shape index (κ3) is 4.85. The van der Waals surface area contributed by atoms with Gasteiger partial charge in [-0.2, -0.15) is 0 Å². The van der Waals surface area contributed by atoms with Crippen molar-refractivity contribution in [3.63, 3.8) is 0 Å². The molecule has 34 heavy (non-hydrogen) atoms. The van der Waals surface area contributed by atoms with Gasteiger partial charge >= 0.3 is 5.69 Å². The van der Waals surface area contributed by atoms with Gasteiger partial charge in [0.25, 0.3) is 11.8 Å². The van der Waals surface area contributed by atoms with Crippen molar-refractivity contribution >= 4 is 53.2 Å². The van der Waals surface area contributed by atoms with Crippen molar-refractivity contribution in [1.29, 1.82) is 0 Å². The number of nitrogens with one attached hydrogen (secondary N) is 3. The van der Waals surface area contributed by atoms with Crippen molar-refractivity contribution in [3.05, 3.63) is 81.9 Å². The van der Waals surface area contributed by atoms with E-state index in [1.165, 1.54) is 12.1 Å². The van der Waals surface area contributed by atoms with Gasteiger partial charge in [0.05, 0.1) is 21.9 Å². The number of carbonyl (C=O) groups is 2. The van der Waals surface area contributed by atoms with E-state index in [0.29, 0.717) is 28.0 Å². The fourth-order valence-corrected chi connectivity index (χ4v) is 3.27. The van der Waals surface area contributed by atoms with E-state index in [1.54, 1.807) is 48.5 Å². The summed E-state index contributed by atoms with van der Waals surface area (Å²) >= 11 is 0. The van der Waals surface area contributed by atoms with Crippen LogP contribution in [0.3, 0.4) is 0 Å². The van der Waals surface area contributed by atoms with E-state index in [1.807, 2.05) is 0 Å². The highest BCUT2D eigenvalue weighted by Crippen LogP contribution is 2.31. The lowest BCUT2D eigenvalue weighted by atomic mass is 9.94. The summed E-state index contributed by atoms with van der Waals surface area (Å²) in [7, 11) is 5.68. The van der Waals surface area contributed by atoms with Crippen LogP contribution in [0.1, 0.15) is 20.7 Å². The Balaban J connectivity index is 1.41. The van der Waals surface area contributed by atoms with Crippen LogP contribution in [0.2, 0.25) is 0 Å². The Morgan fingerprint density at radius 3 is 2.41 bits per heavy atom. The monoisotopic (exact) mass is 456 g/mol. The van der Waals surface area contributed by atoms with E-state index >= 15 is 0 Å². The smallest absolute Gasteiger partial charge is 0.300 e. The van der Waals surface area contributed by atoms with Gasteiger partial charge in [0.15, 0.2) is 5.52 Å². The first-order chi connectivity index (χ1) is 16.4. The molecule has 12 heteroatoms. The van der Waals surface area contributed by atoms with Gasteiger partial charge in [0.1, 0.15) is 7.85 Å². The lowest BCUT2D eigenvalue weighted by molar-refractivity contribution is -0.383. The van der Waals surface area contributed by atoms with Gasteiger partial charge in [-0.05, 0) is 34.6 Å². The van der Waals surface area contributed by atoms with E-state index in [2.05, 4.69) is 30.9 Å². The fourth-order valence-electron chi connectivity index (χ4n) is 3.27. The van der Waals surface area contributed by atoms with Crippen molar-refractivity contribution in [2.24, 2.45) is 0 Å². The van der Waals surface area contributed by atoms with Gasteiger partial charge in [0.2, 0.25) is 5.52 Å². The first-order valence-electron chi connectivity index (χ1n) is 10.1. The fraction of sp³-hybridized carbons (Fsp3) is 0.0909. The molecule has 0 aliphatic heterocycles. The molecule has 11 nitrogen and oxygen atoms in total.